The van der Waals surface area contributed by atoms with E-state index in [4.69, 9.17) is 0 Å². The number of aliphatic hydroxyl groups excluding tert-OH is 1. The molecule has 126 valence electrons. The zero-order valence-corrected chi connectivity index (χ0v) is 14.3. The Morgan fingerprint density at radius 2 is 2.04 bits per heavy atom. The molecule has 0 spiro atoms. The van der Waals surface area contributed by atoms with Crippen molar-refractivity contribution < 1.29 is 5.11 Å². The third-order valence-corrected chi connectivity index (χ3v) is 4.45. The molecule has 0 unspecified atom stereocenters. The smallest absolute Gasteiger partial charge is 0.191 e. The Kier molecular flexibility index (Phi) is 5.60. The van der Waals surface area contributed by atoms with Gasteiger partial charge in [0.2, 0.25) is 0 Å². The second-order valence-corrected chi connectivity index (χ2v) is 6.31. The summed E-state index contributed by atoms with van der Waals surface area (Å²) in [5.74, 6) is 1.62. The molecule has 0 aliphatic carbocycles. The topological polar surface area (TPSA) is 88.8 Å². The molecule has 2 heterocycles. The van der Waals surface area contributed by atoms with E-state index in [0.717, 1.165) is 17.7 Å². The van der Waals surface area contributed by atoms with E-state index >= 15 is 0 Å². The number of aromatic nitrogens is 5. The Hall–Kier alpha value is -2.19. The normalized spacial score (nSPS) is 11.1. The van der Waals surface area contributed by atoms with Crippen LogP contribution < -0.4 is 5.32 Å². The van der Waals surface area contributed by atoms with Crippen LogP contribution in [-0.2, 0) is 13.1 Å². The molecule has 0 saturated carbocycles. The Morgan fingerprint density at radius 1 is 1.21 bits per heavy atom. The molecule has 0 aliphatic heterocycles. The van der Waals surface area contributed by atoms with E-state index in [1.54, 1.807) is 16.4 Å². The Labute approximate surface area is 144 Å². The van der Waals surface area contributed by atoms with Crippen molar-refractivity contribution in [2.75, 3.05) is 17.7 Å². The van der Waals surface area contributed by atoms with Gasteiger partial charge in [0.05, 0.1) is 13.2 Å². The lowest BCUT2D eigenvalue weighted by atomic mass is 10.2. The van der Waals surface area contributed by atoms with Crippen molar-refractivity contribution in [1.29, 1.82) is 0 Å². The van der Waals surface area contributed by atoms with E-state index in [1.165, 1.54) is 0 Å². The molecule has 7 nitrogen and oxygen atoms in total. The molecular formula is C16H20N6OS. The number of benzene rings is 1. The predicted octanol–water partition coefficient (Wildman–Crippen LogP) is 2.33. The van der Waals surface area contributed by atoms with Crippen LogP contribution in [0.2, 0.25) is 0 Å². The maximum Gasteiger partial charge on any atom is 0.191 e. The number of rotatable bonds is 8. The van der Waals surface area contributed by atoms with Gasteiger partial charge in [0.25, 0.3) is 0 Å². The lowest BCUT2D eigenvalue weighted by Gasteiger charge is -2.08. The lowest BCUT2D eigenvalue weighted by Crippen LogP contribution is -2.07. The molecule has 8 heteroatoms. The summed E-state index contributed by atoms with van der Waals surface area (Å²) in [5, 5.41) is 21.5. The number of nitrogens with zero attached hydrogens (tertiary/aromatic N) is 5. The highest BCUT2D eigenvalue weighted by atomic mass is 32.2. The summed E-state index contributed by atoms with van der Waals surface area (Å²) in [5.41, 5.74) is 2.43. The Bertz CT molecular complexity index is 792. The van der Waals surface area contributed by atoms with Gasteiger partial charge >= 0.3 is 0 Å². The minimum absolute atomic E-state index is 0.00727. The summed E-state index contributed by atoms with van der Waals surface area (Å²) in [7, 11) is 0. The molecule has 0 radical (unpaired) electrons. The van der Waals surface area contributed by atoms with E-state index in [0.29, 0.717) is 35.2 Å². The first-order chi connectivity index (χ1) is 11.8. The van der Waals surface area contributed by atoms with Crippen LogP contribution in [-0.4, -0.2) is 42.4 Å². The molecule has 0 bridgehead atoms. The van der Waals surface area contributed by atoms with E-state index in [-0.39, 0.29) is 6.61 Å². The molecule has 0 amide bonds. The maximum atomic E-state index is 9.18. The first-order valence-electron chi connectivity index (χ1n) is 7.94. The molecule has 2 N–H and O–H groups in total. The molecule has 3 rings (SSSR count). The van der Waals surface area contributed by atoms with Gasteiger partial charge in [-0.3, -0.25) is 0 Å². The van der Waals surface area contributed by atoms with Crippen molar-refractivity contribution in [2.24, 2.45) is 0 Å². The highest BCUT2D eigenvalue weighted by Gasteiger charge is 2.14. The third kappa shape index (κ3) is 3.82. The van der Waals surface area contributed by atoms with Gasteiger partial charge in [-0.2, -0.15) is 0 Å². The van der Waals surface area contributed by atoms with Crippen LogP contribution in [0.4, 0.5) is 5.82 Å². The highest BCUT2D eigenvalue weighted by Crippen LogP contribution is 2.23. The third-order valence-electron chi connectivity index (χ3n) is 3.39. The summed E-state index contributed by atoms with van der Waals surface area (Å²) in [6.07, 6.45) is 1.05. The zero-order chi connectivity index (χ0) is 16.8. The van der Waals surface area contributed by atoms with Crippen molar-refractivity contribution in [3.05, 3.63) is 35.9 Å². The second-order valence-electron chi connectivity index (χ2n) is 5.25. The van der Waals surface area contributed by atoms with Crippen LogP contribution in [0, 0.1) is 0 Å². The van der Waals surface area contributed by atoms with Crippen molar-refractivity contribution in [3.63, 3.8) is 0 Å². The van der Waals surface area contributed by atoms with E-state index < -0.39 is 0 Å². The van der Waals surface area contributed by atoms with Gasteiger partial charge in [-0.05, 0) is 12.0 Å². The van der Waals surface area contributed by atoms with Gasteiger partial charge in [-0.15, -0.1) is 5.10 Å². The molecule has 1 aromatic carbocycles. The van der Waals surface area contributed by atoms with Gasteiger partial charge < -0.3 is 10.4 Å². The van der Waals surface area contributed by atoms with Crippen molar-refractivity contribution in [1.82, 2.24) is 25.0 Å². The number of fused-ring (bicyclic) bond motifs is 1. The average molecular weight is 344 g/mol. The van der Waals surface area contributed by atoms with Gasteiger partial charge in [0.1, 0.15) is 0 Å². The van der Waals surface area contributed by atoms with Crippen LogP contribution in [0.15, 0.2) is 35.5 Å². The minimum Gasteiger partial charge on any atom is -0.394 e. The number of thioether (sulfide) groups is 1. The lowest BCUT2D eigenvalue weighted by molar-refractivity contribution is 0.270. The van der Waals surface area contributed by atoms with Crippen LogP contribution in [0.3, 0.4) is 0 Å². The van der Waals surface area contributed by atoms with Crippen molar-refractivity contribution >= 4 is 28.7 Å². The Morgan fingerprint density at radius 3 is 2.79 bits per heavy atom. The molecule has 0 aliphatic rings. The summed E-state index contributed by atoms with van der Waals surface area (Å²) < 4.78 is 1.61. The fourth-order valence-corrected chi connectivity index (χ4v) is 2.94. The average Bonchev–Trinajstić information content (AvgIpc) is 3.02. The van der Waals surface area contributed by atoms with Crippen molar-refractivity contribution in [3.8, 4) is 0 Å². The predicted molar refractivity (Wildman–Crippen MR) is 95.0 cm³/mol. The standard InChI is InChI=1S/C16H20N6OS/c1-2-10-24-16-18-14(17-11-12-6-4-3-5-7-12)13-15(19-16)22(8-9-23)21-20-13/h3-7,23H,2,8-11H2,1H3,(H,17,18,19). The van der Waals surface area contributed by atoms with E-state index in [9.17, 15) is 5.11 Å². The largest absolute Gasteiger partial charge is 0.394 e. The number of hydrogen-bond donors (Lipinski definition) is 2. The SMILES string of the molecule is CCCSc1nc(NCc2ccccc2)c2nnn(CCO)c2n1. The monoisotopic (exact) mass is 344 g/mol. The summed E-state index contributed by atoms with van der Waals surface area (Å²) >= 11 is 1.61. The Balaban J connectivity index is 1.91. The van der Waals surface area contributed by atoms with Crippen LogP contribution >= 0.6 is 11.8 Å². The van der Waals surface area contributed by atoms with E-state index in [1.807, 2.05) is 18.2 Å². The molecule has 0 atom stereocenters. The van der Waals surface area contributed by atoms with Crippen LogP contribution in [0.25, 0.3) is 11.2 Å². The van der Waals surface area contributed by atoms with Gasteiger partial charge in [0, 0.05) is 12.3 Å². The van der Waals surface area contributed by atoms with E-state index in [2.05, 4.69) is 44.7 Å². The maximum absolute atomic E-state index is 9.18. The van der Waals surface area contributed by atoms with Gasteiger partial charge in [-0.1, -0.05) is 54.2 Å². The molecular weight excluding hydrogens is 324 g/mol. The molecule has 3 aromatic rings. The van der Waals surface area contributed by atoms with Gasteiger partial charge in [-0.25, -0.2) is 14.6 Å². The summed E-state index contributed by atoms with van der Waals surface area (Å²) in [6, 6.07) is 10.1. The van der Waals surface area contributed by atoms with Crippen LogP contribution in [0.1, 0.15) is 18.9 Å². The fraction of sp³-hybridized carbons (Fsp3) is 0.375. The summed E-state index contributed by atoms with van der Waals surface area (Å²) in [6.45, 7) is 3.13. The summed E-state index contributed by atoms with van der Waals surface area (Å²) in [4.78, 5) is 9.13. The number of anilines is 1. The fourth-order valence-electron chi connectivity index (χ4n) is 2.24. The highest BCUT2D eigenvalue weighted by molar-refractivity contribution is 7.99. The van der Waals surface area contributed by atoms with Crippen molar-refractivity contribution in [2.45, 2.75) is 31.6 Å². The number of aliphatic hydroxyl groups is 1. The molecule has 24 heavy (non-hydrogen) atoms. The molecule has 0 fully saturated rings. The first kappa shape index (κ1) is 16.7. The second kappa shape index (κ2) is 8.07. The van der Waals surface area contributed by atoms with Crippen LogP contribution in [0.5, 0.6) is 0 Å². The van der Waals surface area contributed by atoms with Gasteiger partial charge in [0.15, 0.2) is 22.1 Å². The quantitative estimate of drug-likeness (QED) is 0.479. The minimum atomic E-state index is -0.00727. The number of nitrogens with one attached hydrogen (secondary N) is 1. The zero-order valence-electron chi connectivity index (χ0n) is 13.5. The molecule has 2 aromatic heterocycles. The number of hydrogen-bond acceptors (Lipinski definition) is 7. The first-order valence-corrected chi connectivity index (χ1v) is 8.93. The molecule has 0 saturated heterocycles.